The van der Waals surface area contributed by atoms with Crippen LogP contribution in [0, 0.1) is 6.92 Å². The molecule has 0 amide bonds. The van der Waals surface area contributed by atoms with Crippen LogP contribution in [-0.4, -0.2) is 42.3 Å². The molecule has 0 bridgehead atoms. The van der Waals surface area contributed by atoms with Crippen LogP contribution in [0.1, 0.15) is 31.6 Å². The number of aryl methyl sites for hydroxylation is 1. The fraction of sp³-hybridized carbons (Fsp3) is 0.714. The van der Waals surface area contributed by atoms with E-state index in [1.54, 1.807) is 6.26 Å². The molecule has 1 unspecified atom stereocenters. The van der Waals surface area contributed by atoms with E-state index in [0.717, 1.165) is 43.9 Å². The van der Waals surface area contributed by atoms with Gasteiger partial charge in [-0.15, -0.1) is 0 Å². The summed E-state index contributed by atoms with van der Waals surface area (Å²) in [4.78, 5) is 2.37. The predicted molar refractivity (Wildman–Crippen MR) is 73.6 cm³/mol. The highest BCUT2D eigenvalue weighted by molar-refractivity contribution is 5.15. The number of aliphatic hydroxyl groups excluding tert-OH is 1. The van der Waals surface area contributed by atoms with Gasteiger partial charge < -0.3 is 19.7 Å². The van der Waals surface area contributed by atoms with Crippen LogP contribution in [0.4, 0.5) is 0 Å². The zero-order chi connectivity index (χ0) is 13.4. The van der Waals surface area contributed by atoms with Gasteiger partial charge in [-0.1, -0.05) is 13.8 Å². The molecular formula is C14H26N2O2. The van der Waals surface area contributed by atoms with Gasteiger partial charge in [0.05, 0.1) is 12.9 Å². The van der Waals surface area contributed by atoms with E-state index in [2.05, 4.69) is 24.1 Å². The smallest absolute Gasteiger partial charge is 0.105 e. The third kappa shape index (κ3) is 4.80. The highest BCUT2D eigenvalue weighted by Crippen LogP contribution is 2.08. The third-order valence-electron chi connectivity index (χ3n) is 3.46. The average molecular weight is 254 g/mol. The Hall–Kier alpha value is -0.840. The first kappa shape index (κ1) is 15.2. The van der Waals surface area contributed by atoms with Crippen molar-refractivity contribution in [3.05, 3.63) is 23.7 Å². The maximum atomic E-state index is 9.38. The summed E-state index contributed by atoms with van der Waals surface area (Å²) in [7, 11) is 0. The first-order chi connectivity index (χ1) is 8.71. The fourth-order valence-corrected chi connectivity index (χ4v) is 1.99. The Bertz CT molecular complexity index is 321. The Morgan fingerprint density at radius 2 is 2.11 bits per heavy atom. The van der Waals surface area contributed by atoms with E-state index in [9.17, 15) is 5.11 Å². The summed E-state index contributed by atoms with van der Waals surface area (Å²) in [5.41, 5.74) is 1.16. The molecule has 0 radical (unpaired) electrons. The van der Waals surface area contributed by atoms with Crippen molar-refractivity contribution in [1.82, 2.24) is 10.2 Å². The number of nitrogens with zero attached hydrogens (tertiary/aromatic N) is 1. The number of aliphatic hydroxyl groups is 1. The minimum absolute atomic E-state index is 0.153. The second-order valence-electron chi connectivity index (χ2n) is 4.58. The van der Waals surface area contributed by atoms with Crippen LogP contribution in [-0.2, 0) is 6.54 Å². The molecule has 104 valence electrons. The van der Waals surface area contributed by atoms with Crippen LogP contribution in [0.25, 0.3) is 0 Å². The molecule has 0 aliphatic carbocycles. The van der Waals surface area contributed by atoms with Crippen molar-refractivity contribution in [2.75, 3.05) is 26.2 Å². The quantitative estimate of drug-likeness (QED) is 0.705. The lowest BCUT2D eigenvalue weighted by Crippen LogP contribution is -2.36. The second kappa shape index (κ2) is 8.29. The molecule has 4 heteroatoms. The van der Waals surface area contributed by atoms with Gasteiger partial charge in [0, 0.05) is 18.2 Å². The first-order valence-electron chi connectivity index (χ1n) is 6.80. The molecule has 0 fully saturated rings. The molecule has 18 heavy (non-hydrogen) atoms. The van der Waals surface area contributed by atoms with E-state index in [-0.39, 0.29) is 12.6 Å². The predicted octanol–water partition coefficient (Wildman–Crippen LogP) is 1.77. The van der Waals surface area contributed by atoms with Crippen LogP contribution in [0.15, 0.2) is 16.7 Å². The summed E-state index contributed by atoms with van der Waals surface area (Å²) in [6.07, 6.45) is 2.67. The number of furan rings is 1. The summed E-state index contributed by atoms with van der Waals surface area (Å²) >= 11 is 0. The zero-order valence-corrected chi connectivity index (χ0v) is 11.8. The zero-order valence-electron chi connectivity index (χ0n) is 11.8. The van der Waals surface area contributed by atoms with Gasteiger partial charge in [-0.25, -0.2) is 0 Å². The highest BCUT2D eigenvalue weighted by Gasteiger charge is 2.10. The minimum Gasteiger partial charge on any atom is -0.469 e. The average Bonchev–Trinajstić information content (AvgIpc) is 2.80. The molecule has 1 heterocycles. The van der Waals surface area contributed by atoms with Gasteiger partial charge in [0.2, 0.25) is 0 Å². The normalized spacial score (nSPS) is 13.2. The molecule has 1 rings (SSSR count). The molecule has 0 saturated heterocycles. The molecular weight excluding hydrogens is 228 g/mol. The topological polar surface area (TPSA) is 48.6 Å². The Balaban J connectivity index is 2.31. The van der Waals surface area contributed by atoms with Gasteiger partial charge in [-0.2, -0.15) is 0 Å². The molecule has 0 spiro atoms. The van der Waals surface area contributed by atoms with E-state index < -0.39 is 0 Å². The maximum absolute atomic E-state index is 9.38. The van der Waals surface area contributed by atoms with Crippen molar-refractivity contribution < 1.29 is 9.52 Å². The summed E-state index contributed by atoms with van der Waals surface area (Å²) in [6.45, 7) is 10.4. The van der Waals surface area contributed by atoms with Crippen LogP contribution in [0.3, 0.4) is 0 Å². The van der Waals surface area contributed by atoms with E-state index in [0.29, 0.717) is 0 Å². The van der Waals surface area contributed by atoms with Crippen molar-refractivity contribution in [1.29, 1.82) is 0 Å². The van der Waals surface area contributed by atoms with Crippen LogP contribution >= 0.6 is 0 Å². The Morgan fingerprint density at radius 1 is 1.39 bits per heavy atom. The Morgan fingerprint density at radius 3 is 2.61 bits per heavy atom. The van der Waals surface area contributed by atoms with Gasteiger partial charge in [-0.3, -0.25) is 0 Å². The van der Waals surface area contributed by atoms with Crippen LogP contribution in [0.5, 0.6) is 0 Å². The molecule has 1 aromatic heterocycles. The second-order valence-corrected chi connectivity index (χ2v) is 4.58. The fourth-order valence-electron chi connectivity index (χ4n) is 1.99. The van der Waals surface area contributed by atoms with E-state index in [1.165, 1.54) is 0 Å². The SMILES string of the molecule is CCN(CC)CCC(CO)NCc1ccoc1C. The van der Waals surface area contributed by atoms with Gasteiger partial charge in [-0.05, 0) is 39.0 Å². The van der Waals surface area contributed by atoms with Crippen LogP contribution in [0.2, 0.25) is 0 Å². The van der Waals surface area contributed by atoms with E-state index in [4.69, 9.17) is 4.42 Å². The molecule has 1 aromatic rings. The standard InChI is InChI=1S/C14H26N2O2/c1-4-16(5-2)8-6-14(11-17)15-10-13-7-9-18-12(13)3/h7,9,14-15,17H,4-6,8,10-11H2,1-3H3. The molecule has 2 N–H and O–H groups in total. The van der Waals surface area contributed by atoms with Crippen molar-refractivity contribution in [3.63, 3.8) is 0 Å². The monoisotopic (exact) mass is 254 g/mol. The Kier molecular flexibility index (Phi) is 7.01. The summed E-state index contributed by atoms with van der Waals surface area (Å²) < 4.78 is 5.25. The van der Waals surface area contributed by atoms with Crippen molar-refractivity contribution in [2.45, 2.75) is 39.8 Å². The summed E-state index contributed by atoms with van der Waals surface area (Å²) in [5.74, 6) is 0.947. The minimum atomic E-state index is 0.153. The number of rotatable bonds is 9. The first-order valence-corrected chi connectivity index (χ1v) is 6.80. The van der Waals surface area contributed by atoms with Crippen molar-refractivity contribution in [2.24, 2.45) is 0 Å². The summed E-state index contributed by atoms with van der Waals surface area (Å²) in [6, 6.07) is 2.13. The lowest BCUT2D eigenvalue weighted by molar-refractivity contribution is 0.210. The van der Waals surface area contributed by atoms with Crippen LogP contribution < -0.4 is 5.32 Å². The molecule has 4 nitrogen and oxygen atoms in total. The summed E-state index contributed by atoms with van der Waals surface area (Å²) in [5, 5.41) is 12.8. The van der Waals surface area contributed by atoms with E-state index in [1.807, 2.05) is 13.0 Å². The number of nitrogens with one attached hydrogen (secondary N) is 1. The Labute approximate surface area is 110 Å². The van der Waals surface area contributed by atoms with Crippen molar-refractivity contribution >= 4 is 0 Å². The lowest BCUT2D eigenvalue weighted by atomic mass is 10.2. The van der Waals surface area contributed by atoms with Gasteiger partial charge in [0.1, 0.15) is 5.76 Å². The van der Waals surface area contributed by atoms with Gasteiger partial charge in [0.15, 0.2) is 0 Å². The lowest BCUT2D eigenvalue weighted by Gasteiger charge is -2.22. The van der Waals surface area contributed by atoms with E-state index >= 15 is 0 Å². The largest absolute Gasteiger partial charge is 0.469 e. The molecule has 1 atom stereocenters. The number of hydrogen-bond donors (Lipinski definition) is 2. The third-order valence-corrected chi connectivity index (χ3v) is 3.46. The number of hydrogen-bond acceptors (Lipinski definition) is 4. The van der Waals surface area contributed by atoms with Crippen molar-refractivity contribution in [3.8, 4) is 0 Å². The highest BCUT2D eigenvalue weighted by atomic mass is 16.3. The molecule has 0 aromatic carbocycles. The molecule has 0 saturated carbocycles. The van der Waals surface area contributed by atoms with Gasteiger partial charge >= 0.3 is 0 Å². The molecule has 0 aliphatic heterocycles. The molecule has 0 aliphatic rings. The maximum Gasteiger partial charge on any atom is 0.105 e. The van der Waals surface area contributed by atoms with Gasteiger partial charge in [0.25, 0.3) is 0 Å².